The van der Waals surface area contributed by atoms with E-state index in [1.807, 2.05) is 6.92 Å². The summed E-state index contributed by atoms with van der Waals surface area (Å²) in [6.45, 7) is 2.50. The van der Waals surface area contributed by atoms with E-state index in [1.165, 1.54) is 6.07 Å². The molecule has 0 atom stereocenters. The Bertz CT molecular complexity index is 626. The Balaban J connectivity index is 1.96. The number of nitrogens with zero attached hydrogens (tertiary/aromatic N) is 1. The van der Waals surface area contributed by atoms with Crippen LogP contribution in [0.1, 0.15) is 6.92 Å². The molecule has 108 valence electrons. The Morgan fingerprint density at radius 3 is 2.48 bits per heavy atom. The zero-order valence-corrected chi connectivity index (χ0v) is 11.5. The fraction of sp³-hybridized carbons (Fsp3) is 0.133. The molecule has 2 aromatic carbocycles. The standard InChI is InChI=1S/C15H15N3O3/c1-2-21-14-8-6-11(7-9-14)16-15(19)17-12-4-3-5-13(10-12)18-20/h3-10H,2H2,1H3,(H2,16,17,19). The fourth-order valence-electron chi connectivity index (χ4n) is 1.74. The molecule has 0 unspecified atom stereocenters. The second-order valence-electron chi connectivity index (χ2n) is 4.18. The predicted molar refractivity (Wildman–Crippen MR) is 82.1 cm³/mol. The molecule has 0 radical (unpaired) electrons. The van der Waals surface area contributed by atoms with Crippen LogP contribution in [0, 0.1) is 4.91 Å². The average Bonchev–Trinajstić information content (AvgIpc) is 2.49. The Hall–Kier alpha value is -2.89. The van der Waals surface area contributed by atoms with Crippen molar-refractivity contribution in [1.29, 1.82) is 0 Å². The summed E-state index contributed by atoms with van der Waals surface area (Å²) in [4.78, 5) is 22.3. The van der Waals surface area contributed by atoms with Gasteiger partial charge in [-0.1, -0.05) is 6.07 Å². The maximum atomic E-state index is 11.8. The summed E-state index contributed by atoms with van der Waals surface area (Å²) in [6.07, 6.45) is 0. The number of anilines is 2. The monoisotopic (exact) mass is 285 g/mol. The van der Waals surface area contributed by atoms with Crippen molar-refractivity contribution in [2.24, 2.45) is 5.18 Å². The summed E-state index contributed by atoms with van der Waals surface area (Å²) in [5.41, 5.74) is 1.39. The normalized spacial score (nSPS) is 9.76. The average molecular weight is 285 g/mol. The van der Waals surface area contributed by atoms with E-state index in [2.05, 4.69) is 15.8 Å². The number of carbonyl (C=O) groups is 1. The van der Waals surface area contributed by atoms with Crippen LogP contribution in [0.2, 0.25) is 0 Å². The molecule has 2 N–H and O–H groups in total. The second kappa shape index (κ2) is 7.04. The molecule has 0 saturated carbocycles. The molecule has 0 aliphatic rings. The van der Waals surface area contributed by atoms with Gasteiger partial charge in [0, 0.05) is 11.4 Å². The highest BCUT2D eigenvalue weighted by molar-refractivity contribution is 5.99. The van der Waals surface area contributed by atoms with Crippen LogP contribution >= 0.6 is 0 Å². The highest BCUT2D eigenvalue weighted by atomic mass is 16.5. The van der Waals surface area contributed by atoms with Crippen LogP contribution in [0.15, 0.2) is 53.7 Å². The van der Waals surface area contributed by atoms with Gasteiger partial charge in [0.25, 0.3) is 0 Å². The third-order valence-electron chi connectivity index (χ3n) is 2.63. The van der Waals surface area contributed by atoms with E-state index in [0.717, 1.165) is 5.75 Å². The van der Waals surface area contributed by atoms with Crippen molar-refractivity contribution >= 4 is 23.1 Å². The van der Waals surface area contributed by atoms with Crippen molar-refractivity contribution in [3.05, 3.63) is 53.4 Å². The summed E-state index contributed by atoms with van der Waals surface area (Å²) in [5, 5.41) is 8.12. The number of rotatable bonds is 5. The van der Waals surface area contributed by atoms with Gasteiger partial charge in [0.15, 0.2) is 0 Å². The number of amides is 2. The number of ether oxygens (including phenoxy) is 1. The molecule has 0 spiro atoms. The summed E-state index contributed by atoms with van der Waals surface area (Å²) < 4.78 is 5.32. The first-order chi connectivity index (χ1) is 10.2. The van der Waals surface area contributed by atoms with Gasteiger partial charge in [-0.25, -0.2) is 4.79 Å². The predicted octanol–water partition coefficient (Wildman–Crippen LogP) is 4.13. The van der Waals surface area contributed by atoms with E-state index in [4.69, 9.17) is 4.74 Å². The number of hydrogen-bond donors (Lipinski definition) is 2. The summed E-state index contributed by atoms with van der Waals surface area (Å²) in [6, 6.07) is 13.0. The van der Waals surface area contributed by atoms with Crippen molar-refractivity contribution in [3.63, 3.8) is 0 Å². The molecule has 0 heterocycles. The van der Waals surface area contributed by atoms with Gasteiger partial charge in [-0.2, -0.15) is 0 Å². The molecule has 2 rings (SSSR count). The first-order valence-corrected chi connectivity index (χ1v) is 6.45. The maximum Gasteiger partial charge on any atom is 0.323 e. The minimum absolute atomic E-state index is 0.258. The smallest absolute Gasteiger partial charge is 0.323 e. The first-order valence-electron chi connectivity index (χ1n) is 6.45. The molecule has 2 aromatic rings. The SMILES string of the molecule is CCOc1ccc(NC(=O)Nc2cccc(N=O)c2)cc1. The molecule has 0 bridgehead atoms. The maximum absolute atomic E-state index is 11.8. The molecule has 0 fully saturated rings. The third kappa shape index (κ3) is 4.31. The minimum atomic E-state index is -0.401. The van der Waals surface area contributed by atoms with Gasteiger partial charge in [0.05, 0.1) is 6.61 Å². The minimum Gasteiger partial charge on any atom is -0.494 e. The number of nitroso groups, excluding NO2 is 1. The van der Waals surface area contributed by atoms with Crippen LogP contribution in [0.5, 0.6) is 5.75 Å². The molecule has 6 nitrogen and oxygen atoms in total. The van der Waals surface area contributed by atoms with Crippen LogP contribution in [-0.4, -0.2) is 12.6 Å². The van der Waals surface area contributed by atoms with Gasteiger partial charge < -0.3 is 15.4 Å². The number of nitrogens with one attached hydrogen (secondary N) is 2. The molecular formula is C15H15N3O3. The van der Waals surface area contributed by atoms with Gasteiger partial charge in [-0.05, 0) is 54.6 Å². The summed E-state index contributed by atoms with van der Waals surface area (Å²) in [7, 11) is 0. The Morgan fingerprint density at radius 2 is 1.81 bits per heavy atom. The van der Waals surface area contributed by atoms with E-state index in [1.54, 1.807) is 42.5 Å². The van der Waals surface area contributed by atoms with Crippen LogP contribution in [0.3, 0.4) is 0 Å². The highest BCUT2D eigenvalue weighted by Crippen LogP contribution is 2.18. The van der Waals surface area contributed by atoms with Crippen molar-refractivity contribution in [2.75, 3.05) is 17.2 Å². The molecular weight excluding hydrogens is 270 g/mol. The van der Waals surface area contributed by atoms with Crippen LogP contribution in [0.25, 0.3) is 0 Å². The Morgan fingerprint density at radius 1 is 1.10 bits per heavy atom. The molecule has 0 aromatic heterocycles. The van der Waals surface area contributed by atoms with E-state index in [0.29, 0.717) is 18.0 Å². The summed E-state index contributed by atoms with van der Waals surface area (Å²) in [5.74, 6) is 0.744. The van der Waals surface area contributed by atoms with Gasteiger partial charge in [0.2, 0.25) is 0 Å². The summed E-state index contributed by atoms with van der Waals surface area (Å²) >= 11 is 0. The third-order valence-corrected chi connectivity index (χ3v) is 2.63. The number of benzene rings is 2. The Kier molecular flexibility index (Phi) is 4.87. The molecule has 0 aliphatic carbocycles. The number of hydrogen-bond acceptors (Lipinski definition) is 4. The van der Waals surface area contributed by atoms with Crippen LogP contribution < -0.4 is 15.4 Å². The van der Waals surface area contributed by atoms with Crippen LogP contribution in [0.4, 0.5) is 21.9 Å². The zero-order chi connectivity index (χ0) is 15.1. The van der Waals surface area contributed by atoms with Gasteiger partial charge in [0.1, 0.15) is 11.4 Å². The molecule has 0 aliphatic heterocycles. The first kappa shape index (κ1) is 14.5. The van der Waals surface area contributed by atoms with Crippen LogP contribution in [-0.2, 0) is 0 Å². The van der Waals surface area contributed by atoms with E-state index >= 15 is 0 Å². The fourth-order valence-corrected chi connectivity index (χ4v) is 1.74. The van der Waals surface area contributed by atoms with Gasteiger partial charge in [-0.15, -0.1) is 4.91 Å². The van der Waals surface area contributed by atoms with Crippen molar-refractivity contribution in [3.8, 4) is 5.75 Å². The lowest BCUT2D eigenvalue weighted by molar-refractivity contribution is 0.262. The zero-order valence-electron chi connectivity index (χ0n) is 11.5. The van der Waals surface area contributed by atoms with Crippen molar-refractivity contribution in [2.45, 2.75) is 6.92 Å². The highest BCUT2D eigenvalue weighted by Gasteiger charge is 2.04. The van der Waals surface area contributed by atoms with E-state index in [-0.39, 0.29) is 5.69 Å². The largest absolute Gasteiger partial charge is 0.494 e. The lowest BCUT2D eigenvalue weighted by atomic mass is 10.3. The van der Waals surface area contributed by atoms with Crippen molar-refractivity contribution in [1.82, 2.24) is 0 Å². The van der Waals surface area contributed by atoms with Gasteiger partial charge in [-0.3, -0.25) is 0 Å². The topological polar surface area (TPSA) is 79.8 Å². The molecule has 21 heavy (non-hydrogen) atoms. The van der Waals surface area contributed by atoms with Crippen molar-refractivity contribution < 1.29 is 9.53 Å². The second-order valence-corrected chi connectivity index (χ2v) is 4.18. The van der Waals surface area contributed by atoms with E-state index < -0.39 is 6.03 Å². The van der Waals surface area contributed by atoms with Gasteiger partial charge >= 0.3 is 6.03 Å². The lowest BCUT2D eigenvalue weighted by Crippen LogP contribution is -2.19. The number of urea groups is 1. The molecule has 6 heteroatoms. The molecule has 0 saturated heterocycles. The lowest BCUT2D eigenvalue weighted by Gasteiger charge is -2.08. The Labute approximate surface area is 122 Å². The van der Waals surface area contributed by atoms with E-state index in [9.17, 15) is 9.70 Å². The number of carbonyl (C=O) groups excluding carboxylic acids is 1. The molecule has 2 amide bonds. The quantitative estimate of drug-likeness (QED) is 0.811.